The fourth-order valence-electron chi connectivity index (χ4n) is 4.26. The van der Waals surface area contributed by atoms with Crippen molar-refractivity contribution in [2.45, 2.75) is 36.8 Å². The van der Waals surface area contributed by atoms with Crippen molar-refractivity contribution in [3.05, 3.63) is 72.4 Å². The maximum absolute atomic E-state index is 12.8. The molecule has 0 spiro atoms. The summed E-state index contributed by atoms with van der Waals surface area (Å²) in [5.41, 5.74) is 4.56. The van der Waals surface area contributed by atoms with Gasteiger partial charge in [0.05, 0.1) is 17.3 Å². The summed E-state index contributed by atoms with van der Waals surface area (Å²) in [4.78, 5) is 24.5. The van der Waals surface area contributed by atoms with Crippen LogP contribution in [-0.2, 0) is 6.18 Å². The number of halogens is 5. The zero-order chi connectivity index (χ0) is 32.5. The van der Waals surface area contributed by atoms with Gasteiger partial charge in [-0.15, -0.1) is 0 Å². The first-order chi connectivity index (χ1) is 20.8. The number of hydrogen-bond acceptors (Lipinski definition) is 8. The maximum atomic E-state index is 12.8. The van der Waals surface area contributed by atoms with Crippen LogP contribution in [0.4, 0.5) is 33.6 Å². The van der Waals surface area contributed by atoms with Crippen molar-refractivity contribution in [1.29, 1.82) is 0 Å². The smallest absolute Gasteiger partial charge is 0.382 e. The highest BCUT2D eigenvalue weighted by atomic mass is 31.0. The van der Waals surface area contributed by atoms with E-state index in [9.17, 15) is 26.7 Å². The number of benzene rings is 1. The van der Waals surface area contributed by atoms with Gasteiger partial charge in [-0.3, -0.25) is 4.79 Å². The van der Waals surface area contributed by atoms with Gasteiger partial charge in [-0.1, -0.05) is 21.4 Å². The van der Waals surface area contributed by atoms with E-state index in [1.54, 1.807) is 44.5 Å². The Bertz CT molecular complexity index is 1500. The monoisotopic (exact) mass is 639 g/mol. The van der Waals surface area contributed by atoms with Crippen LogP contribution in [-0.4, -0.2) is 70.7 Å². The van der Waals surface area contributed by atoms with Crippen molar-refractivity contribution < 1.29 is 26.7 Å². The predicted molar refractivity (Wildman–Crippen MR) is 164 cm³/mol. The standard InChI is InChI=1S/C19H13F3N6O.C7H15F2N2P.C2H7N/c20-19(21,22)13-5-6-24-14(9-13)27-18(29)12-3-1-11(2-4-12)15-16-17(23)25-7-8-28(16)10-26-15;1-10-5-2-3-6(11-4-5)7(8,9)12;1-3-2/h1-10H,(H2,23,25)(H,24,27,29);5-6,10-11H,2-4,12H2,1H3;3H,1-2H3/t;5-,6+;/m.0./s1. The van der Waals surface area contributed by atoms with Gasteiger partial charge in [0.15, 0.2) is 0 Å². The molecule has 1 aliphatic rings. The predicted octanol–water partition coefficient (Wildman–Crippen LogP) is 4.27. The van der Waals surface area contributed by atoms with Crippen LogP contribution in [0.25, 0.3) is 16.8 Å². The SMILES string of the molecule is CNC.CN[C@H]1CC[C@H](C(F)(F)P)NC1.Nc1nccn2cnc(-c3ccc(C(=O)Nc4cc(C(F)(F)F)ccn4)cc3)c12. The molecule has 238 valence electrons. The Labute approximate surface area is 253 Å². The summed E-state index contributed by atoms with van der Waals surface area (Å²) in [5.74, 6) is -0.454. The van der Waals surface area contributed by atoms with Gasteiger partial charge in [0, 0.05) is 42.3 Å². The molecule has 3 aromatic heterocycles. The second kappa shape index (κ2) is 15.3. The Morgan fingerprint density at radius 2 is 1.70 bits per heavy atom. The van der Waals surface area contributed by atoms with E-state index in [-0.39, 0.29) is 11.4 Å². The lowest BCUT2D eigenvalue weighted by molar-refractivity contribution is -0.137. The molecule has 4 heterocycles. The van der Waals surface area contributed by atoms with Crippen molar-refractivity contribution >= 4 is 32.3 Å². The summed E-state index contributed by atoms with van der Waals surface area (Å²) >= 11 is 0. The molecule has 4 aromatic rings. The summed E-state index contributed by atoms with van der Waals surface area (Å²) < 4.78 is 65.5. The van der Waals surface area contributed by atoms with Crippen LogP contribution in [0.5, 0.6) is 0 Å². The highest BCUT2D eigenvalue weighted by molar-refractivity contribution is 7.18. The molecule has 16 heteroatoms. The zero-order valence-electron chi connectivity index (χ0n) is 24.3. The Kier molecular flexibility index (Phi) is 12.1. The van der Waals surface area contributed by atoms with Crippen molar-refractivity contribution in [2.75, 3.05) is 38.7 Å². The fourth-order valence-corrected chi connectivity index (χ4v) is 4.54. The summed E-state index contributed by atoms with van der Waals surface area (Å²) in [7, 11) is 7.20. The lowest BCUT2D eigenvalue weighted by Gasteiger charge is -2.32. The van der Waals surface area contributed by atoms with Crippen LogP contribution in [0.3, 0.4) is 0 Å². The molecule has 0 saturated carbocycles. The van der Waals surface area contributed by atoms with E-state index in [0.717, 1.165) is 24.8 Å². The van der Waals surface area contributed by atoms with Crippen LogP contribution in [0, 0.1) is 0 Å². The number of likely N-dealkylation sites (N-methyl/N-ethyl adjacent to an activating group) is 1. The number of nitrogens with one attached hydrogen (secondary N) is 4. The third kappa shape index (κ3) is 9.36. The number of aromatic nitrogens is 4. The number of carbonyl (C=O) groups excluding carboxylic acids is 1. The second-order valence-electron chi connectivity index (χ2n) is 9.82. The normalized spacial score (nSPS) is 16.8. The second-order valence-corrected chi connectivity index (χ2v) is 10.6. The first-order valence-corrected chi connectivity index (χ1v) is 14.0. The number of imidazole rings is 1. The van der Waals surface area contributed by atoms with Crippen molar-refractivity contribution in [3.8, 4) is 11.3 Å². The molecule has 10 nitrogen and oxygen atoms in total. The number of nitrogen functional groups attached to an aromatic ring is 1. The number of piperidine rings is 1. The van der Waals surface area contributed by atoms with Crippen molar-refractivity contribution in [2.24, 2.45) is 0 Å². The molecule has 1 amide bonds. The Morgan fingerprint density at radius 3 is 2.27 bits per heavy atom. The molecule has 5 rings (SSSR count). The first-order valence-electron chi connectivity index (χ1n) is 13.5. The number of carbonyl (C=O) groups is 1. The molecular weight excluding hydrogens is 604 g/mol. The number of amides is 1. The van der Waals surface area contributed by atoms with Crippen LogP contribution >= 0.6 is 9.24 Å². The number of fused-ring (bicyclic) bond motifs is 1. The topological polar surface area (TPSA) is 134 Å². The summed E-state index contributed by atoms with van der Waals surface area (Å²) in [6, 6.07) is 7.69. The Hall–Kier alpha value is -3.78. The van der Waals surface area contributed by atoms with Crippen LogP contribution in [0.1, 0.15) is 28.8 Å². The lowest BCUT2D eigenvalue weighted by atomic mass is 10.0. The van der Waals surface area contributed by atoms with Crippen LogP contribution in [0.15, 0.2) is 61.3 Å². The van der Waals surface area contributed by atoms with Gasteiger partial charge in [0.25, 0.3) is 11.6 Å². The van der Waals surface area contributed by atoms with Gasteiger partial charge in [-0.05, 0) is 58.3 Å². The number of anilines is 2. The summed E-state index contributed by atoms with van der Waals surface area (Å²) in [5, 5.41) is 11.0. The van der Waals surface area contributed by atoms with E-state index in [0.29, 0.717) is 41.6 Å². The zero-order valence-corrected chi connectivity index (χ0v) is 25.4. The number of nitrogens with zero attached hydrogens (tertiary/aromatic N) is 4. The largest absolute Gasteiger partial charge is 0.416 e. The van der Waals surface area contributed by atoms with E-state index < -0.39 is 29.4 Å². The van der Waals surface area contributed by atoms with Gasteiger partial charge in [-0.2, -0.15) is 13.2 Å². The lowest BCUT2D eigenvalue weighted by Crippen LogP contribution is -2.52. The molecule has 1 aliphatic heterocycles. The molecule has 44 heavy (non-hydrogen) atoms. The molecule has 0 radical (unpaired) electrons. The molecule has 6 N–H and O–H groups in total. The van der Waals surface area contributed by atoms with Crippen molar-refractivity contribution in [3.63, 3.8) is 0 Å². The average molecular weight is 640 g/mol. The third-order valence-corrected chi connectivity index (χ3v) is 6.92. The van der Waals surface area contributed by atoms with Gasteiger partial charge in [0.2, 0.25) is 0 Å². The van der Waals surface area contributed by atoms with E-state index in [2.05, 4.69) is 36.2 Å². The van der Waals surface area contributed by atoms with Gasteiger partial charge in [-0.25, -0.2) is 23.7 Å². The quantitative estimate of drug-likeness (QED) is 0.162. The Balaban J connectivity index is 0.000000294. The average Bonchev–Trinajstić information content (AvgIpc) is 3.43. The van der Waals surface area contributed by atoms with Gasteiger partial charge < -0.3 is 31.4 Å². The molecule has 1 saturated heterocycles. The summed E-state index contributed by atoms with van der Waals surface area (Å²) in [6.07, 6.45) is 2.69. The van der Waals surface area contributed by atoms with Crippen LogP contribution in [0.2, 0.25) is 0 Å². The minimum Gasteiger partial charge on any atom is -0.382 e. The van der Waals surface area contributed by atoms with E-state index in [1.165, 1.54) is 12.1 Å². The molecule has 1 unspecified atom stereocenters. The molecule has 0 bridgehead atoms. The first kappa shape index (κ1) is 34.7. The van der Waals surface area contributed by atoms with Gasteiger partial charge >= 0.3 is 6.18 Å². The summed E-state index contributed by atoms with van der Waals surface area (Å²) in [6.45, 7) is 0.630. The number of hydrogen-bond donors (Lipinski definition) is 5. The fraction of sp³-hybridized carbons (Fsp3) is 0.357. The molecule has 1 aromatic carbocycles. The molecule has 1 fully saturated rings. The van der Waals surface area contributed by atoms with Gasteiger partial charge in [0.1, 0.15) is 23.5 Å². The maximum Gasteiger partial charge on any atom is 0.416 e. The molecule has 3 atom stereocenters. The van der Waals surface area contributed by atoms with Crippen molar-refractivity contribution in [1.82, 2.24) is 35.3 Å². The number of pyridine rings is 1. The highest BCUT2D eigenvalue weighted by Gasteiger charge is 2.36. The number of alkyl halides is 5. The number of nitrogens with two attached hydrogens (primary N) is 1. The molecular formula is C28H35F5N9OP. The van der Waals surface area contributed by atoms with E-state index in [1.807, 2.05) is 21.1 Å². The highest BCUT2D eigenvalue weighted by Crippen LogP contribution is 2.31. The van der Waals surface area contributed by atoms with Crippen LogP contribution < -0.4 is 27.0 Å². The minimum atomic E-state index is -4.52. The van der Waals surface area contributed by atoms with E-state index >= 15 is 0 Å². The molecule has 0 aliphatic carbocycles. The Morgan fingerprint density at radius 1 is 1.02 bits per heavy atom. The third-order valence-electron chi connectivity index (χ3n) is 6.51. The number of rotatable bonds is 5. The van der Waals surface area contributed by atoms with E-state index in [4.69, 9.17) is 5.73 Å². The minimum absolute atomic E-state index is 0.187.